The molecule has 6 heteroatoms. The lowest BCUT2D eigenvalue weighted by atomic mass is 10.1. The lowest BCUT2D eigenvalue weighted by Crippen LogP contribution is -2.45. The van der Waals surface area contributed by atoms with E-state index in [9.17, 15) is 9.59 Å². The molecule has 2 atom stereocenters. The average Bonchev–Trinajstić information content (AvgIpc) is 3.39. The van der Waals surface area contributed by atoms with Gasteiger partial charge in [-0.25, -0.2) is 0 Å². The number of rotatable bonds is 4. The Morgan fingerprint density at radius 2 is 1.96 bits per heavy atom. The normalized spacial score (nSPS) is 26.4. The summed E-state index contributed by atoms with van der Waals surface area (Å²) >= 11 is 3.51. The first kappa shape index (κ1) is 18.9. The Bertz CT molecular complexity index is 732. The van der Waals surface area contributed by atoms with Crippen molar-refractivity contribution in [1.29, 1.82) is 0 Å². The maximum atomic E-state index is 13.2. The number of aryl methyl sites for hydroxylation is 1. The highest BCUT2D eigenvalue weighted by molar-refractivity contribution is 9.10. The molecule has 2 amide bonds. The SMILES string of the molecule is Cc1cc(N2CC(C(=O)N3CCCC3CN3CCCC3)CC2=O)ccc1Br. The summed E-state index contributed by atoms with van der Waals surface area (Å²) in [5.74, 6) is 0.0346. The minimum Gasteiger partial charge on any atom is -0.338 e. The van der Waals surface area contributed by atoms with Gasteiger partial charge in [-0.1, -0.05) is 15.9 Å². The van der Waals surface area contributed by atoms with Gasteiger partial charge in [0, 0.05) is 42.3 Å². The van der Waals surface area contributed by atoms with Crippen molar-refractivity contribution in [3.05, 3.63) is 28.2 Å². The van der Waals surface area contributed by atoms with Crippen LogP contribution in [0.2, 0.25) is 0 Å². The Hall–Kier alpha value is -1.40. The third-order valence-corrected chi connectivity index (χ3v) is 7.15. The predicted molar refractivity (Wildman–Crippen MR) is 110 cm³/mol. The molecule has 3 aliphatic heterocycles. The van der Waals surface area contributed by atoms with Crippen LogP contribution in [0.1, 0.15) is 37.7 Å². The van der Waals surface area contributed by atoms with Crippen LogP contribution in [-0.2, 0) is 9.59 Å². The van der Waals surface area contributed by atoms with Gasteiger partial charge in [-0.2, -0.15) is 0 Å². The van der Waals surface area contributed by atoms with Crippen molar-refractivity contribution >= 4 is 33.4 Å². The topological polar surface area (TPSA) is 43.9 Å². The summed E-state index contributed by atoms with van der Waals surface area (Å²) < 4.78 is 1.03. The maximum absolute atomic E-state index is 13.2. The fourth-order valence-electron chi connectivity index (χ4n) is 4.73. The molecule has 0 saturated carbocycles. The van der Waals surface area contributed by atoms with Gasteiger partial charge in [0.25, 0.3) is 0 Å². The number of halogens is 1. The van der Waals surface area contributed by atoms with Crippen molar-refractivity contribution in [2.75, 3.05) is 37.6 Å². The van der Waals surface area contributed by atoms with Crippen LogP contribution >= 0.6 is 15.9 Å². The quantitative estimate of drug-likeness (QED) is 0.731. The van der Waals surface area contributed by atoms with Gasteiger partial charge in [-0.15, -0.1) is 0 Å². The number of nitrogens with zero attached hydrogens (tertiary/aromatic N) is 3. The van der Waals surface area contributed by atoms with E-state index >= 15 is 0 Å². The van der Waals surface area contributed by atoms with Gasteiger partial charge in [-0.05, 0) is 69.5 Å². The van der Waals surface area contributed by atoms with Crippen molar-refractivity contribution in [3.8, 4) is 0 Å². The van der Waals surface area contributed by atoms with Crippen molar-refractivity contribution in [1.82, 2.24) is 9.80 Å². The minimum atomic E-state index is -0.208. The van der Waals surface area contributed by atoms with Gasteiger partial charge >= 0.3 is 0 Å². The zero-order valence-electron chi connectivity index (χ0n) is 16.0. The van der Waals surface area contributed by atoms with E-state index in [0.717, 1.165) is 54.7 Å². The molecule has 0 aliphatic carbocycles. The summed E-state index contributed by atoms with van der Waals surface area (Å²) in [6, 6.07) is 6.27. The zero-order valence-corrected chi connectivity index (χ0v) is 17.6. The van der Waals surface area contributed by atoms with E-state index in [-0.39, 0.29) is 17.7 Å². The molecule has 0 bridgehead atoms. The Morgan fingerprint density at radius 1 is 1.19 bits per heavy atom. The number of carbonyl (C=O) groups excluding carboxylic acids is 2. The van der Waals surface area contributed by atoms with Gasteiger partial charge in [0.1, 0.15) is 0 Å². The molecule has 2 unspecified atom stereocenters. The fraction of sp³-hybridized carbons (Fsp3) is 0.619. The second kappa shape index (κ2) is 7.92. The van der Waals surface area contributed by atoms with E-state index in [1.165, 1.54) is 12.8 Å². The summed E-state index contributed by atoms with van der Waals surface area (Å²) in [5.41, 5.74) is 1.99. The van der Waals surface area contributed by atoms with Crippen molar-refractivity contribution in [3.63, 3.8) is 0 Å². The second-order valence-corrected chi connectivity index (χ2v) is 9.03. The molecule has 3 saturated heterocycles. The van der Waals surface area contributed by atoms with Gasteiger partial charge in [-0.3, -0.25) is 9.59 Å². The highest BCUT2D eigenvalue weighted by Gasteiger charge is 2.40. The first-order valence-electron chi connectivity index (χ1n) is 10.1. The molecule has 0 N–H and O–H groups in total. The Morgan fingerprint density at radius 3 is 2.70 bits per heavy atom. The van der Waals surface area contributed by atoms with Gasteiger partial charge in [0.05, 0.1) is 5.92 Å². The van der Waals surface area contributed by atoms with Crippen molar-refractivity contribution in [2.24, 2.45) is 5.92 Å². The molecule has 5 nitrogen and oxygen atoms in total. The molecule has 146 valence electrons. The van der Waals surface area contributed by atoms with Crippen LogP contribution in [0.3, 0.4) is 0 Å². The minimum absolute atomic E-state index is 0.0605. The summed E-state index contributed by atoms with van der Waals surface area (Å²) in [7, 11) is 0. The lowest BCUT2D eigenvalue weighted by molar-refractivity contribution is -0.136. The summed E-state index contributed by atoms with van der Waals surface area (Å²) in [6.45, 7) is 6.70. The molecule has 0 spiro atoms. The summed E-state index contributed by atoms with van der Waals surface area (Å²) in [6.07, 6.45) is 5.07. The van der Waals surface area contributed by atoms with Gasteiger partial charge < -0.3 is 14.7 Å². The Balaban J connectivity index is 1.43. The molecule has 0 radical (unpaired) electrons. The lowest BCUT2D eigenvalue weighted by Gasteiger charge is -2.30. The fourth-order valence-corrected chi connectivity index (χ4v) is 4.98. The standard InChI is InChI=1S/C21H28BrN3O2/c1-15-11-17(6-7-19(15)22)25-13-16(12-20(25)26)21(27)24-10-4-5-18(24)14-23-8-2-3-9-23/h6-7,11,16,18H,2-5,8-10,12-14H2,1H3. The van der Waals surface area contributed by atoms with E-state index in [1.54, 1.807) is 4.90 Å². The van der Waals surface area contributed by atoms with Crippen LogP contribution in [0.4, 0.5) is 5.69 Å². The van der Waals surface area contributed by atoms with E-state index < -0.39 is 0 Å². The number of anilines is 1. The van der Waals surface area contributed by atoms with E-state index in [1.807, 2.05) is 25.1 Å². The molecule has 1 aromatic rings. The third kappa shape index (κ3) is 3.92. The van der Waals surface area contributed by atoms with Gasteiger partial charge in [0.2, 0.25) is 11.8 Å². The molecular weight excluding hydrogens is 406 g/mol. The number of hydrogen-bond donors (Lipinski definition) is 0. The largest absolute Gasteiger partial charge is 0.338 e. The molecule has 3 aliphatic rings. The number of carbonyl (C=O) groups is 2. The molecule has 27 heavy (non-hydrogen) atoms. The van der Waals surface area contributed by atoms with Crippen LogP contribution in [-0.4, -0.2) is 60.4 Å². The Kier molecular flexibility index (Phi) is 5.55. The van der Waals surface area contributed by atoms with Crippen LogP contribution in [0.15, 0.2) is 22.7 Å². The summed E-state index contributed by atoms with van der Waals surface area (Å²) in [4.78, 5) is 32.1. The number of benzene rings is 1. The number of likely N-dealkylation sites (tertiary alicyclic amines) is 2. The van der Waals surface area contributed by atoms with Gasteiger partial charge in [0.15, 0.2) is 0 Å². The smallest absolute Gasteiger partial charge is 0.228 e. The number of hydrogen-bond acceptors (Lipinski definition) is 3. The molecular formula is C21H28BrN3O2. The monoisotopic (exact) mass is 433 g/mol. The van der Waals surface area contributed by atoms with Crippen molar-refractivity contribution in [2.45, 2.75) is 45.1 Å². The molecule has 3 heterocycles. The number of amides is 2. The van der Waals surface area contributed by atoms with Crippen LogP contribution in [0.5, 0.6) is 0 Å². The highest BCUT2D eigenvalue weighted by Crippen LogP contribution is 2.31. The third-order valence-electron chi connectivity index (χ3n) is 6.26. The molecule has 1 aromatic carbocycles. The van der Waals surface area contributed by atoms with E-state index in [4.69, 9.17) is 0 Å². The molecule has 0 aromatic heterocycles. The summed E-state index contributed by atoms with van der Waals surface area (Å²) in [5, 5.41) is 0. The molecule has 4 rings (SSSR count). The zero-order chi connectivity index (χ0) is 19.0. The maximum Gasteiger partial charge on any atom is 0.228 e. The van der Waals surface area contributed by atoms with Crippen molar-refractivity contribution < 1.29 is 9.59 Å². The van der Waals surface area contributed by atoms with Crippen LogP contribution in [0, 0.1) is 12.8 Å². The molecule has 3 fully saturated rings. The second-order valence-electron chi connectivity index (χ2n) is 8.17. The average molecular weight is 434 g/mol. The van der Waals surface area contributed by atoms with Crippen LogP contribution < -0.4 is 4.90 Å². The first-order valence-corrected chi connectivity index (χ1v) is 10.9. The van der Waals surface area contributed by atoms with Crippen LogP contribution in [0.25, 0.3) is 0 Å². The predicted octanol–water partition coefficient (Wildman–Crippen LogP) is 3.20. The van der Waals surface area contributed by atoms with E-state index in [0.29, 0.717) is 19.0 Å². The Labute approximate surface area is 169 Å². The van der Waals surface area contributed by atoms with E-state index in [2.05, 4.69) is 25.7 Å². The highest BCUT2D eigenvalue weighted by atomic mass is 79.9. The first-order chi connectivity index (χ1) is 13.0.